The van der Waals surface area contributed by atoms with Crippen LogP contribution in [0.5, 0.6) is 0 Å². The van der Waals surface area contributed by atoms with Crippen molar-refractivity contribution in [3.05, 3.63) is 40.6 Å². The first kappa shape index (κ1) is 10.5. The number of fused-ring (bicyclic) bond motifs is 2. The van der Waals surface area contributed by atoms with E-state index in [0.29, 0.717) is 12.1 Å². The molecule has 1 aromatic heterocycles. The number of nitrogens with zero attached hydrogens (tertiary/aromatic N) is 1. The van der Waals surface area contributed by atoms with E-state index in [1.54, 1.807) is 0 Å². The Bertz CT molecular complexity index is 628. The predicted molar refractivity (Wildman–Crippen MR) is 68.5 cm³/mol. The van der Waals surface area contributed by atoms with Crippen molar-refractivity contribution in [3.8, 4) is 0 Å². The molecular weight excluding hydrogens is 210 g/mol. The van der Waals surface area contributed by atoms with Crippen LogP contribution >= 0.6 is 0 Å². The van der Waals surface area contributed by atoms with Crippen LogP contribution in [-0.4, -0.2) is 10.8 Å². The molecule has 0 fully saturated rings. The van der Waals surface area contributed by atoms with Crippen molar-refractivity contribution in [2.75, 3.05) is 0 Å². The third-order valence-corrected chi connectivity index (χ3v) is 3.69. The number of Topliss-reactive ketones (excluding diaryl/α,β-unsaturated/α-hetero) is 1. The number of carbonyl (C=O) groups excluding carboxylic acids is 1. The van der Waals surface area contributed by atoms with Crippen molar-refractivity contribution in [1.29, 1.82) is 0 Å². The maximum Gasteiger partial charge on any atom is 0.181 e. The first-order valence-corrected chi connectivity index (χ1v) is 6.10. The third-order valence-electron chi connectivity index (χ3n) is 3.69. The van der Waals surface area contributed by atoms with Crippen LogP contribution in [0.15, 0.2) is 18.2 Å². The van der Waals surface area contributed by atoms with Crippen LogP contribution in [0.25, 0.3) is 10.9 Å². The van der Waals surface area contributed by atoms with Crippen molar-refractivity contribution in [2.24, 2.45) is 0 Å². The van der Waals surface area contributed by atoms with Gasteiger partial charge in [-0.05, 0) is 49.4 Å². The number of carbonyl (C=O) groups is 1. The van der Waals surface area contributed by atoms with Gasteiger partial charge in [0.15, 0.2) is 5.78 Å². The molecule has 0 bridgehead atoms. The molecule has 0 aliphatic heterocycles. The van der Waals surface area contributed by atoms with Crippen LogP contribution < -0.4 is 0 Å². The molecule has 0 radical (unpaired) electrons. The second-order valence-corrected chi connectivity index (χ2v) is 4.81. The van der Waals surface area contributed by atoms with Gasteiger partial charge >= 0.3 is 0 Å². The molecule has 3 rings (SSSR count). The minimum absolute atomic E-state index is 0.206. The average Bonchev–Trinajstić information content (AvgIpc) is 2.31. The van der Waals surface area contributed by atoms with Gasteiger partial charge in [0.2, 0.25) is 0 Å². The number of pyridine rings is 1. The Morgan fingerprint density at radius 2 is 2.00 bits per heavy atom. The molecular formula is C15H15NO. The summed E-state index contributed by atoms with van der Waals surface area (Å²) in [7, 11) is 0. The quantitative estimate of drug-likeness (QED) is 0.688. The minimum atomic E-state index is 0.206. The van der Waals surface area contributed by atoms with Crippen LogP contribution in [0.1, 0.15) is 40.0 Å². The minimum Gasteiger partial charge on any atom is -0.292 e. The van der Waals surface area contributed by atoms with Crippen LogP contribution in [0.3, 0.4) is 0 Å². The average molecular weight is 225 g/mol. The fourth-order valence-corrected chi connectivity index (χ4v) is 2.83. The van der Waals surface area contributed by atoms with Crippen LogP contribution in [0, 0.1) is 13.8 Å². The van der Waals surface area contributed by atoms with Gasteiger partial charge in [0.1, 0.15) is 5.69 Å². The Labute approximate surface area is 101 Å². The lowest BCUT2D eigenvalue weighted by molar-refractivity contribution is 0.0967. The van der Waals surface area contributed by atoms with Gasteiger partial charge in [-0.15, -0.1) is 0 Å². The number of hydrogen-bond acceptors (Lipinski definition) is 2. The number of aryl methyl sites for hydroxylation is 2. The standard InChI is InChI=1S/C15H15NO/c1-9-5-3-7-12-14(9)10(2)11-6-4-8-13(17)15(11)16-12/h3,5,7H,4,6,8H2,1-2H3. The lowest BCUT2D eigenvalue weighted by Gasteiger charge is -2.18. The van der Waals surface area contributed by atoms with E-state index in [9.17, 15) is 4.79 Å². The first-order valence-electron chi connectivity index (χ1n) is 6.10. The van der Waals surface area contributed by atoms with E-state index in [2.05, 4.69) is 24.9 Å². The summed E-state index contributed by atoms with van der Waals surface area (Å²) >= 11 is 0. The number of hydrogen-bond donors (Lipinski definition) is 0. The van der Waals surface area contributed by atoms with Gasteiger partial charge in [-0.2, -0.15) is 0 Å². The first-order chi connectivity index (χ1) is 8.18. The maximum absolute atomic E-state index is 11.9. The molecule has 1 heterocycles. The summed E-state index contributed by atoms with van der Waals surface area (Å²) in [6.45, 7) is 4.22. The van der Waals surface area contributed by atoms with Gasteiger partial charge in [0, 0.05) is 11.8 Å². The lowest BCUT2D eigenvalue weighted by atomic mass is 9.89. The zero-order valence-electron chi connectivity index (χ0n) is 10.2. The van der Waals surface area contributed by atoms with E-state index < -0.39 is 0 Å². The molecule has 0 saturated carbocycles. The summed E-state index contributed by atoms with van der Waals surface area (Å²) in [5.74, 6) is 0.206. The summed E-state index contributed by atoms with van der Waals surface area (Å²) in [6.07, 6.45) is 2.60. The molecule has 1 aromatic carbocycles. The highest BCUT2D eigenvalue weighted by atomic mass is 16.1. The monoisotopic (exact) mass is 225 g/mol. The normalized spacial score (nSPS) is 15.1. The molecule has 0 saturated heterocycles. The van der Waals surface area contributed by atoms with Crippen LogP contribution in [-0.2, 0) is 6.42 Å². The molecule has 2 nitrogen and oxygen atoms in total. The van der Waals surface area contributed by atoms with Gasteiger partial charge in [-0.3, -0.25) is 4.79 Å². The molecule has 2 aromatic rings. The second kappa shape index (κ2) is 3.66. The van der Waals surface area contributed by atoms with Gasteiger partial charge < -0.3 is 0 Å². The summed E-state index contributed by atoms with van der Waals surface area (Å²) in [4.78, 5) is 16.5. The molecule has 0 amide bonds. The van der Waals surface area contributed by atoms with E-state index in [1.165, 1.54) is 22.1 Å². The van der Waals surface area contributed by atoms with Crippen molar-refractivity contribution >= 4 is 16.7 Å². The van der Waals surface area contributed by atoms with Crippen molar-refractivity contribution in [3.63, 3.8) is 0 Å². The Morgan fingerprint density at radius 3 is 2.82 bits per heavy atom. The Hall–Kier alpha value is -1.70. The summed E-state index contributed by atoms with van der Waals surface area (Å²) in [6, 6.07) is 6.11. The SMILES string of the molecule is Cc1cccc2nc3c(c(C)c12)CCCC3=O. The summed E-state index contributed by atoms with van der Waals surface area (Å²) < 4.78 is 0. The maximum atomic E-state index is 11.9. The van der Waals surface area contributed by atoms with Crippen molar-refractivity contribution in [1.82, 2.24) is 4.98 Å². The van der Waals surface area contributed by atoms with E-state index in [-0.39, 0.29) is 5.78 Å². The Balaban J connectivity index is 2.43. The van der Waals surface area contributed by atoms with Crippen molar-refractivity contribution in [2.45, 2.75) is 33.1 Å². The fourth-order valence-electron chi connectivity index (χ4n) is 2.83. The largest absolute Gasteiger partial charge is 0.292 e. The molecule has 0 atom stereocenters. The van der Waals surface area contributed by atoms with Crippen LogP contribution in [0.4, 0.5) is 0 Å². The third kappa shape index (κ3) is 1.47. The van der Waals surface area contributed by atoms with E-state index >= 15 is 0 Å². The molecule has 0 N–H and O–H groups in total. The van der Waals surface area contributed by atoms with Gasteiger partial charge in [0.05, 0.1) is 5.52 Å². The van der Waals surface area contributed by atoms with Gasteiger partial charge in [-0.1, -0.05) is 12.1 Å². The smallest absolute Gasteiger partial charge is 0.181 e. The molecule has 86 valence electrons. The second-order valence-electron chi connectivity index (χ2n) is 4.81. The number of ketones is 1. The zero-order valence-corrected chi connectivity index (χ0v) is 10.2. The Kier molecular flexibility index (Phi) is 2.25. The molecule has 1 aliphatic rings. The lowest BCUT2D eigenvalue weighted by Crippen LogP contribution is -2.15. The molecule has 17 heavy (non-hydrogen) atoms. The molecule has 2 heteroatoms. The molecule has 1 aliphatic carbocycles. The molecule has 0 unspecified atom stereocenters. The highest BCUT2D eigenvalue weighted by Crippen LogP contribution is 2.30. The predicted octanol–water partition coefficient (Wildman–Crippen LogP) is 3.37. The van der Waals surface area contributed by atoms with Gasteiger partial charge in [-0.25, -0.2) is 4.98 Å². The van der Waals surface area contributed by atoms with E-state index in [1.807, 2.05) is 12.1 Å². The number of aromatic nitrogens is 1. The summed E-state index contributed by atoms with van der Waals surface area (Å²) in [5, 5.41) is 1.22. The van der Waals surface area contributed by atoms with Crippen molar-refractivity contribution < 1.29 is 4.79 Å². The van der Waals surface area contributed by atoms with Gasteiger partial charge in [0.25, 0.3) is 0 Å². The van der Waals surface area contributed by atoms with E-state index in [0.717, 1.165) is 18.4 Å². The zero-order chi connectivity index (χ0) is 12.0. The van der Waals surface area contributed by atoms with Crippen LogP contribution in [0.2, 0.25) is 0 Å². The van der Waals surface area contributed by atoms with E-state index in [4.69, 9.17) is 0 Å². The molecule has 0 spiro atoms. The number of rotatable bonds is 0. The number of benzene rings is 1. The summed E-state index contributed by atoms with van der Waals surface area (Å²) in [5.41, 5.74) is 5.33. The highest BCUT2D eigenvalue weighted by Gasteiger charge is 2.22. The highest BCUT2D eigenvalue weighted by molar-refractivity contribution is 6.00. The fraction of sp³-hybridized carbons (Fsp3) is 0.333. The topological polar surface area (TPSA) is 30.0 Å². The Morgan fingerprint density at radius 1 is 1.18 bits per heavy atom.